The summed E-state index contributed by atoms with van der Waals surface area (Å²) in [7, 11) is 3.48. The Labute approximate surface area is 134 Å². The van der Waals surface area contributed by atoms with Crippen molar-refractivity contribution < 1.29 is 14.3 Å². The molecule has 2 N–H and O–H groups in total. The van der Waals surface area contributed by atoms with Gasteiger partial charge >= 0.3 is 0 Å². The number of hydrogen-bond donors (Lipinski definition) is 2. The highest BCUT2D eigenvalue weighted by Crippen LogP contribution is 2.31. The van der Waals surface area contributed by atoms with Gasteiger partial charge < -0.3 is 14.3 Å². The van der Waals surface area contributed by atoms with Crippen molar-refractivity contribution >= 4 is 11.0 Å². The number of rotatable bonds is 6. The summed E-state index contributed by atoms with van der Waals surface area (Å²) in [6, 6.07) is 7.53. The van der Waals surface area contributed by atoms with Crippen molar-refractivity contribution in [2.24, 2.45) is 7.05 Å². The normalized spacial score (nSPS) is 14.1. The predicted octanol–water partition coefficient (Wildman–Crippen LogP) is 2.56. The number of aliphatic hydroxyl groups excluding tert-OH is 1. The van der Waals surface area contributed by atoms with Crippen LogP contribution < -0.4 is 10.1 Å². The fourth-order valence-electron chi connectivity index (χ4n) is 2.69. The van der Waals surface area contributed by atoms with E-state index in [0.29, 0.717) is 5.75 Å². The van der Waals surface area contributed by atoms with Crippen LogP contribution in [-0.4, -0.2) is 28.6 Å². The highest BCUT2D eigenvalue weighted by atomic mass is 16.5. The van der Waals surface area contributed by atoms with Crippen LogP contribution in [0.4, 0.5) is 0 Å². The van der Waals surface area contributed by atoms with Crippen LogP contribution in [0.15, 0.2) is 41.1 Å². The molecule has 2 atom stereocenters. The molecule has 23 heavy (non-hydrogen) atoms. The second kappa shape index (κ2) is 6.44. The average molecular weight is 315 g/mol. The smallest absolute Gasteiger partial charge is 0.176 e. The molecule has 3 rings (SSSR count). The quantitative estimate of drug-likeness (QED) is 0.731. The number of para-hydroxylation sites is 1. The maximum Gasteiger partial charge on any atom is 0.176 e. The van der Waals surface area contributed by atoms with Gasteiger partial charge in [-0.3, -0.25) is 10.00 Å². The molecule has 1 aromatic carbocycles. The molecule has 0 saturated carbocycles. The van der Waals surface area contributed by atoms with Crippen LogP contribution in [0.3, 0.4) is 0 Å². The fraction of sp³-hybridized carbons (Fsp3) is 0.353. The summed E-state index contributed by atoms with van der Waals surface area (Å²) in [5.74, 6) is 1.51. The van der Waals surface area contributed by atoms with E-state index >= 15 is 0 Å². The van der Waals surface area contributed by atoms with E-state index in [9.17, 15) is 5.11 Å². The zero-order valence-electron chi connectivity index (χ0n) is 13.5. The molecular weight excluding hydrogens is 294 g/mol. The topological polar surface area (TPSA) is 72.4 Å². The Morgan fingerprint density at radius 2 is 2.26 bits per heavy atom. The number of aryl methyl sites for hydroxylation is 1. The van der Waals surface area contributed by atoms with Gasteiger partial charge in [0.15, 0.2) is 11.3 Å². The number of furan rings is 1. The first kappa shape index (κ1) is 15.6. The van der Waals surface area contributed by atoms with Crippen molar-refractivity contribution in [2.75, 3.05) is 13.7 Å². The van der Waals surface area contributed by atoms with E-state index in [2.05, 4.69) is 10.4 Å². The molecule has 122 valence electrons. The average Bonchev–Trinajstić information content (AvgIpc) is 3.18. The maximum atomic E-state index is 9.66. The van der Waals surface area contributed by atoms with E-state index in [4.69, 9.17) is 9.15 Å². The van der Waals surface area contributed by atoms with Gasteiger partial charge in [-0.25, -0.2) is 0 Å². The number of hydrogen-bond acceptors (Lipinski definition) is 5. The lowest BCUT2D eigenvalue weighted by molar-refractivity contribution is 0.231. The zero-order chi connectivity index (χ0) is 16.4. The molecule has 0 bridgehead atoms. The van der Waals surface area contributed by atoms with E-state index in [1.54, 1.807) is 18.0 Å². The van der Waals surface area contributed by atoms with Crippen molar-refractivity contribution in [2.45, 2.75) is 19.0 Å². The summed E-state index contributed by atoms with van der Waals surface area (Å²) in [4.78, 5) is 0. The Morgan fingerprint density at radius 3 is 2.91 bits per heavy atom. The van der Waals surface area contributed by atoms with E-state index in [0.717, 1.165) is 22.3 Å². The minimum Gasteiger partial charge on any atom is -0.493 e. The third-order valence-electron chi connectivity index (χ3n) is 3.93. The summed E-state index contributed by atoms with van der Waals surface area (Å²) >= 11 is 0. The Balaban J connectivity index is 1.83. The van der Waals surface area contributed by atoms with Crippen LogP contribution in [0, 0.1) is 0 Å². The molecule has 2 heterocycles. The molecule has 0 saturated heterocycles. The van der Waals surface area contributed by atoms with Gasteiger partial charge in [-0.2, -0.15) is 5.10 Å². The van der Waals surface area contributed by atoms with Gasteiger partial charge in [0.25, 0.3) is 0 Å². The van der Waals surface area contributed by atoms with Crippen molar-refractivity contribution in [1.29, 1.82) is 0 Å². The molecular formula is C17H21N3O3. The molecule has 0 radical (unpaired) electrons. The van der Waals surface area contributed by atoms with E-state index < -0.39 is 0 Å². The van der Waals surface area contributed by atoms with Gasteiger partial charge in [0, 0.05) is 24.2 Å². The van der Waals surface area contributed by atoms with Crippen molar-refractivity contribution in [1.82, 2.24) is 15.1 Å². The van der Waals surface area contributed by atoms with E-state index in [1.165, 1.54) is 0 Å². The predicted molar refractivity (Wildman–Crippen MR) is 87.4 cm³/mol. The second-order valence-electron chi connectivity index (χ2n) is 5.60. The molecule has 6 nitrogen and oxygen atoms in total. The molecule has 3 aromatic rings. The Bertz CT molecular complexity index is 793. The van der Waals surface area contributed by atoms with Gasteiger partial charge in [-0.15, -0.1) is 0 Å². The molecule has 0 aliphatic rings. The molecule has 0 aliphatic heterocycles. The van der Waals surface area contributed by atoms with Gasteiger partial charge in [-0.05, 0) is 19.1 Å². The zero-order valence-corrected chi connectivity index (χ0v) is 13.5. The summed E-state index contributed by atoms with van der Waals surface area (Å²) in [5, 5.41) is 18.2. The first-order chi connectivity index (χ1) is 11.1. The van der Waals surface area contributed by atoms with Crippen LogP contribution in [0.5, 0.6) is 5.75 Å². The highest BCUT2D eigenvalue weighted by molar-refractivity contribution is 5.83. The number of benzene rings is 1. The Hall–Kier alpha value is -2.31. The summed E-state index contributed by atoms with van der Waals surface area (Å²) < 4.78 is 13.0. The number of nitrogens with one attached hydrogen (secondary N) is 1. The van der Waals surface area contributed by atoms with E-state index in [-0.39, 0.29) is 18.7 Å². The van der Waals surface area contributed by atoms with Crippen LogP contribution in [-0.2, 0) is 7.05 Å². The van der Waals surface area contributed by atoms with Crippen molar-refractivity contribution in [3.05, 3.63) is 48.0 Å². The molecule has 0 aliphatic carbocycles. The largest absolute Gasteiger partial charge is 0.493 e. The second-order valence-corrected chi connectivity index (χ2v) is 5.60. The number of aromatic nitrogens is 2. The minimum absolute atomic E-state index is 0.0143. The van der Waals surface area contributed by atoms with E-state index in [1.807, 2.05) is 44.4 Å². The van der Waals surface area contributed by atoms with Gasteiger partial charge in [-0.1, -0.05) is 12.1 Å². The summed E-state index contributed by atoms with van der Waals surface area (Å²) in [6.45, 7) is 1.99. The molecule has 0 spiro atoms. The van der Waals surface area contributed by atoms with Gasteiger partial charge in [0.2, 0.25) is 0 Å². The third kappa shape index (κ3) is 3.09. The molecule has 0 fully saturated rings. The Morgan fingerprint density at radius 1 is 1.43 bits per heavy atom. The highest BCUT2D eigenvalue weighted by Gasteiger charge is 2.19. The lowest BCUT2D eigenvalue weighted by Crippen LogP contribution is -2.26. The molecule has 6 heteroatoms. The lowest BCUT2D eigenvalue weighted by atomic mass is 10.1. The SMILES string of the molecule is COc1cccc2cc([C@@H](C)N[C@@H](CO)c3cnn(C)c3)oc12. The number of ether oxygens (including phenoxy) is 1. The molecule has 0 unspecified atom stereocenters. The number of nitrogens with zero attached hydrogens (tertiary/aromatic N) is 2. The van der Waals surface area contributed by atoms with Gasteiger partial charge in [0.1, 0.15) is 5.76 Å². The summed E-state index contributed by atoms with van der Waals surface area (Å²) in [6.07, 6.45) is 3.64. The van der Waals surface area contributed by atoms with Crippen LogP contribution in [0.1, 0.15) is 30.3 Å². The summed E-state index contributed by atoms with van der Waals surface area (Å²) in [5.41, 5.74) is 1.68. The Kier molecular flexibility index (Phi) is 4.36. The van der Waals surface area contributed by atoms with Crippen LogP contribution in [0.2, 0.25) is 0 Å². The number of fused-ring (bicyclic) bond motifs is 1. The van der Waals surface area contributed by atoms with Gasteiger partial charge in [0.05, 0.1) is 32.0 Å². The maximum absolute atomic E-state index is 9.66. The monoisotopic (exact) mass is 315 g/mol. The van der Waals surface area contributed by atoms with Crippen LogP contribution in [0.25, 0.3) is 11.0 Å². The molecule has 2 aromatic heterocycles. The van der Waals surface area contributed by atoms with Crippen LogP contribution >= 0.6 is 0 Å². The third-order valence-corrected chi connectivity index (χ3v) is 3.93. The molecule has 0 amide bonds. The van der Waals surface area contributed by atoms with Crippen molar-refractivity contribution in [3.8, 4) is 5.75 Å². The first-order valence-electron chi connectivity index (χ1n) is 7.54. The fourth-order valence-corrected chi connectivity index (χ4v) is 2.69. The first-order valence-corrected chi connectivity index (χ1v) is 7.54. The number of aliphatic hydroxyl groups is 1. The standard InChI is InChI=1S/C17H21N3O3/c1-11(19-14(10-21)13-8-18-20(2)9-13)16-7-12-5-4-6-15(22-3)17(12)23-16/h4-9,11,14,19,21H,10H2,1-3H3/t11-,14+/m1/s1. The van der Waals surface area contributed by atoms with Crippen molar-refractivity contribution in [3.63, 3.8) is 0 Å². The minimum atomic E-state index is -0.200. The number of methoxy groups -OCH3 is 1. The lowest BCUT2D eigenvalue weighted by Gasteiger charge is -2.19.